The van der Waals surface area contributed by atoms with E-state index in [-0.39, 0.29) is 0 Å². The number of carbonyl (C=O) groups excluding carboxylic acids is 1. The lowest BCUT2D eigenvalue weighted by atomic mass is 10.1. The molecule has 0 fully saturated rings. The van der Waals surface area contributed by atoms with Crippen molar-refractivity contribution < 1.29 is 9.53 Å². The number of rotatable bonds is 6. The average molecular weight is 280 g/mol. The summed E-state index contributed by atoms with van der Waals surface area (Å²) in [4.78, 5) is 16.3. The van der Waals surface area contributed by atoms with Crippen LogP contribution in [0.25, 0.3) is 0 Å². The van der Waals surface area contributed by atoms with Gasteiger partial charge in [0.1, 0.15) is 0 Å². The predicted molar refractivity (Wildman–Crippen MR) is 78.8 cm³/mol. The fourth-order valence-corrected chi connectivity index (χ4v) is 2.81. The molecule has 0 spiro atoms. The summed E-state index contributed by atoms with van der Waals surface area (Å²) < 4.78 is 5.53. The highest BCUT2D eigenvalue weighted by Gasteiger charge is 2.25. The van der Waals surface area contributed by atoms with E-state index in [1.807, 2.05) is 11.4 Å². The van der Waals surface area contributed by atoms with Gasteiger partial charge in [-0.15, -0.1) is 11.3 Å². The van der Waals surface area contributed by atoms with E-state index in [1.54, 1.807) is 0 Å². The largest absolute Gasteiger partial charge is 0.448 e. The van der Waals surface area contributed by atoms with Crippen molar-refractivity contribution in [2.75, 3.05) is 11.9 Å². The van der Waals surface area contributed by atoms with Gasteiger partial charge in [-0.2, -0.15) is 0 Å². The lowest BCUT2D eigenvalue weighted by Gasteiger charge is -2.22. The number of aldehydes is 1. The zero-order valence-corrected chi connectivity index (χ0v) is 12.2. The summed E-state index contributed by atoms with van der Waals surface area (Å²) in [6.07, 6.45) is 3.77. The second-order valence-electron chi connectivity index (χ2n) is 5.07. The van der Waals surface area contributed by atoms with Gasteiger partial charge in [0.2, 0.25) is 0 Å². The number of fused-ring (bicyclic) bond motifs is 1. The highest BCUT2D eigenvalue weighted by molar-refractivity contribution is 7.10. The molecule has 1 atom stereocenters. The van der Waals surface area contributed by atoms with E-state index in [2.05, 4.69) is 24.2 Å². The molecule has 5 heteroatoms. The fraction of sp³-hybridized carbons (Fsp3) is 0.571. The van der Waals surface area contributed by atoms with Gasteiger partial charge in [0.25, 0.3) is 6.02 Å². The molecule has 104 valence electrons. The molecule has 1 aliphatic rings. The van der Waals surface area contributed by atoms with E-state index in [0.29, 0.717) is 6.02 Å². The lowest BCUT2D eigenvalue weighted by molar-refractivity contribution is -0.114. The number of nitrogens with zero attached hydrogens (tertiary/aromatic N) is 1. The van der Waals surface area contributed by atoms with Gasteiger partial charge in [-0.05, 0) is 23.8 Å². The smallest absolute Gasteiger partial charge is 0.290 e. The van der Waals surface area contributed by atoms with Crippen molar-refractivity contribution in [3.8, 4) is 0 Å². The third-order valence-corrected chi connectivity index (χ3v) is 3.98. The van der Waals surface area contributed by atoms with Crippen molar-refractivity contribution >= 4 is 29.3 Å². The van der Waals surface area contributed by atoms with Gasteiger partial charge in [0.15, 0.2) is 12.4 Å². The summed E-state index contributed by atoms with van der Waals surface area (Å²) >= 11 is 1.52. The molecule has 1 aromatic rings. The van der Waals surface area contributed by atoms with Crippen LogP contribution in [0.15, 0.2) is 16.4 Å². The van der Waals surface area contributed by atoms with Gasteiger partial charge in [-0.3, -0.25) is 4.79 Å². The average Bonchev–Trinajstić information content (AvgIpc) is 2.85. The van der Waals surface area contributed by atoms with Crippen LogP contribution in [0, 0.1) is 5.92 Å². The van der Waals surface area contributed by atoms with Crippen molar-refractivity contribution in [3.63, 3.8) is 0 Å². The van der Waals surface area contributed by atoms with Crippen LogP contribution in [-0.2, 0) is 9.53 Å². The van der Waals surface area contributed by atoms with Gasteiger partial charge >= 0.3 is 0 Å². The molecular formula is C14H20N2O2S. The molecule has 4 nitrogen and oxygen atoms in total. The zero-order valence-electron chi connectivity index (χ0n) is 11.4. The first kappa shape index (κ1) is 14.1. The molecule has 0 saturated heterocycles. The Kier molecular flexibility index (Phi) is 4.96. The molecule has 0 radical (unpaired) electrons. The van der Waals surface area contributed by atoms with Gasteiger partial charge in [-0.1, -0.05) is 26.7 Å². The summed E-state index contributed by atoms with van der Waals surface area (Å²) in [6, 6.07) is 2.42. The van der Waals surface area contributed by atoms with Gasteiger partial charge < -0.3 is 10.1 Å². The number of anilines is 1. The number of hydrogen-bond acceptors (Lipinski definition) is 4. The number of amidine groups is 1. The lowest BCUT2D eigenvalue weighted by Crippen LogP contribution is -2.25. The van der Waals surface area contributed by atoms with Crippen molar-refractivity contribution in [1.29, 1.82) is 0 Å². The third-order valence-electron chi connectivity index (χ3n) is 3.00. The molecule has 0 amide bonds. The van der Waals surface area contributed by atoms with E-state index in [1.165, 1.54) is 24.2 Å². The number of ether oxygens (including phenoxy) is 1. The molecule has 1 unspecified atom stereocenters. The first-order chi connectivity index (χ1) is 9.20. The Bertz CT molecular complexity index is 454. The maximum Gasteiger partial charge on any atom is 0.290 e. The predicted octanol–water partition coefficient (Wildman–Crippen LogP) is 3.61. The van der Waals surface area contributed by atoms with Gasteiger partial charge in [-0.25, -0.2) is 4.99 Å². The SMILES string of the molecule is CC(C)CCCCN=C1Nc2ccsc2C(C=O)O1. The topological polar surface area (TPSA) is 50.7 Å². The van der Waals surface area contributed by atoms with E-state index >= 15 is 0 Å². The highest BCUT2D eigenvalue weighted by atomic mass is 32.1. The zero-order chi connectivity index (χ0) is 13.7. The number of nitrogens with one attached hydrogen (secondary N) is 1. The summed E-state index contributed by atoms with van der Waals surface area (Å²) in [5, 5.41) is 5.07. The first-order valence-electron chi connectivity index (χ1n) is 6.71. The van der Waals surface area contributed by atoms with Crippen LogP contribution < -0.4 is 5.32 Å². The van der Waals surface area contributed by atoms with E-state index in [0.717, 1.165) is 35.7 Å². The normalized spacial score (nSPS) is 19.9. The van der Waals surface area contributed by atoms with Crippen LogP contribution in [0.1, 0.15) is 44.1 Å². The maximum atomic E-state index is 11.0. The Morgan fingerprint density at radius 3 is 3.11 bits per heavy atom. The van der Waals surface area contributed by atoms with Crippen LogP contribution in [0.2, 0.25) is 0 Å². The number of thiophene rings is 1. The van der Waals surface area contributed by atoms with Gasteiger partial charge in [0, 0.05) is 6.54 Å². The Labute approximate surface area is 117 Å². The van der Waals surface area contributed by atoms with Crippen molar-refractivity contribution in [2.45, 2.75) is 39.2 Å². The monoisotopic (exact) mass is 280 g/mol. The van der Waals surface area contributed by atoms with E-state index in [4.69, 9.17) is 4.74 Å². The van der Waals surface area contributed by atoms with Crippen LogP contribution in [-0.4, -0.2) is 18.9 Å². The molecule has 0 saturated carbocycles. The van der Waals surface area contributed by atoms with E-state index < -0.39 is 6.10 Å². The molecule has 2 heterocycles. The number of carbonyl (C=O) groups is 1. The van der Waals surface area contributed by atoms with Crippen molar-refractivity contribution in [2.24, 2.45) is 10.9 Å². The third kappa shape index (κ3) is 3.80. The molecule has 0 aliphatic carbocycles. The standard InChI is InChI=1S/C14H20N2O2S/c1-10(2)5-3-4-7-15-14-16-11-6-8-19-13(11)12(9-17)18-14/h6,8-10,12H,3-5,7H2,1-2H3,(H,15,16). The maximum absolute atomic E-state index is 11.0. The minimum atomic E-state index is -0.509. The molecule has 1 N–H and O–H groups in total. The summed E-state index contributed by atoms with van der Waals surface area (Å²) in [5.74, 6) is 0.740. The Morgan fingerprint density at radius 1 is 1.53 bits per heavy atom. The van der Waals surface area contributed by atoms with Crippen LogP contribution >= 0.6 is 11.3 Å². The minimum absolute atomic E-state index is 0.465. The van der Waals surface area contributed by atoms with E-state index in [9.17, 15) is 4.79 Å². The second kappa shape index (κ2) is 6.70. The summed E-state index contributed by atoms with van der Waals surface area (Å²) in [6.45, 7) is 5.19. The molecule has 1 aromatic heterocycles. The molecule has 19 heavy (non-hydrogen) atoms. The Balaban J connectivity index is 1.87. The Hall–Kier alpha value is -1.36. The molecule has 1 aliphatic heterocycles. The van der Waals surface area contributed by atoms with Gasteiger partial charge in [0.05, 0.1) is 10.6 Å². The first-order valence-corrected chi connectivity index (χ1v) is 7.59. The fourth-order valence-electron chi connectivity index (χ4n) is 1.97. The number of hydrogen-bond donors (Lipinski definition) is 1. The number of unbranched alkanes of at least 4 members (excludes halogenated alkanes) is 1. The summed E-state index contributed by atoms with van der Waals surface area (Å²) in [7, 11) is 0. The Morgan fingerprint density at radius 2 is 2.37 bits per heavy atom. The van der Waals surface area contributed by atoms with Crippen LogP contribution in [0.3, 0.4) is 0 Å². The van der Waals surface area contributed by atoms with Crippen molar-refractivity contribution in [3.05, 3.63) is 16.3 Å². The second-order valence-corrected chi connectivity index (χ2v) is 6.02. The summed E-state index contributed by atoms with van der Waals surface area (Å²) in [5.41, 5.74) is 0.939. The van der Waals surface area contributed by atoms with Crippen LogP contribution in [0.5, 0.6) is 0 Å². The number of aliphatic imine (C=N–C) groups is 1. The van der Waals surface area contributed by atoms with Crippen molar-refractivity contribution in [1.82, 2.24) is 0 Å². The molecule has 0 aromatic carbocycles. The highest BCUT2D eigenvalue weighted by Crippen LogP contribution is 2.33. The van der Waals surface area contributed by atoms with Crippen LogP contribution in [0.4, 0.5) is 5.69 Å². The molecule has 0 bridgehead atoms. The minimum Gasteiger partial charge on any atom is -0.448 e. The molecular weight excluding hydrogens is 260 g/mol. The molecule has 2 rings (SSSR count). The quantitative estimate of drug-likeness (QED) is 0.639.